The number of rotatable bonds is 3. The van der Waals surface area contributed by atoms with E-state index in [0.717, 1.165) is 32.1 Å². The van der Waals surface area contributed by atoms with Crippen LogP contribution in [-0.2, 0) is 0 Å². The van der Waals surface area contributed by atoms with Gasteiger partial charge in [0.2, 0.25) is 0 Å². The van der Waals surface area contributed by atoms with E-state index in [1.54, 1.807) is 0 Å². The molecule has 0 aromatic rings. The van der Waals surface area contributed by atoms with Crippen molar-refractivity contribution in [2.24, 2.45) is 11.8 Å². The molecule has 0 saturated heterocycles. The Morgan fingerprint density at radius 3 is 2.71 bits per heavy atom. The van der Waals surface area contributed by atoms with Crippen molar-refractivity contribution in [2.75, 3.05) is 0 Å². The van der Waals surface area contributed by atoms with E-state index < -0.39 is 5.60 Å². The average molecular weight is 195 g/mol. The molecule has 1 N–H and O–H groups in total. The van der Waals surface area contributed by atoms with Gasteiger partial charge in [-0.15, -0.1) is 0 Å². The smallest absolute Gasteiger partial charge is 0.0833 e. The van der Waals surface area contributed by atoms with E-state index in [2.05, 4.69) is 13.0 Å². The fourth-order valence-electron chi connectivity index (χ4n) is 2.83. The van der Waals surface area contributed by atoms with Crippen molar-refractivity contribution in [3.63, 3.8) is 0 Å². The molecule has 2 heteroatoms. The van der Waals surface area contributed by atoms with Gasteiger partial charge in [0.1, 0.15) is 0 Å². The van der Waals surface area contributed by atoms with Crippen molar-refractivity contribution < 1.29 is 5.11 Å². The third-order valence-corrected chi connectivity index (χ3v) is 3.75. The van der Waals surface area contributed by atoms with Gasteiger partial charge in [0, 0.05) is 0 Å². The van der Waals surface area contributed by atoms with E-state index in [-0.39, 0.29) is 5.92 Å². The molecule has 0 bridgehead atoms. The molecule has 3 atom stereocenters. The summed E-state index contributed by atoms with van der Waals surface area (Å²) in [6.07, 6.45) is 5.95. The van der Waals surface area contributed by atoms with Crippen LogP contribution in [0.1, 0.15) is 52.4 Å². The van der Waals surface area contributed by atoms with Gasteiger partial charge in [0.05, 0.1) is 17.6 Å². The normalized spacial score (nSPS) is 34.9. The molecular weight excluding hydrogens is 174 g/mol. The first-order chi connectivity index (χ1) is 6.69. The van der Waals surface area contributed by atoms with Gasteiger partial charge >= 0.3 is 0 Å². The summed E-state index contributed by atoms with van der Waals surface area (Å²) in [4.78, 5) is 0. The lowest BCUT2D eigenvalue weighted by atomic mass is 9.67. The van der Waals surface area contributed by atoms with Gasteiger partial charge in [-0.05, 0) is 25.2 Å². The van der Waals surface area contributed by atoms with E-state index in [9.17, 15) is 5.11 Å². The standard InChI is InChI=1S/C12H21NO/c1-3-10-7-5-6-8-12(10,14)11(4-2)9-13/h10-11,14H,3-8H2,1-2H3. The Labute approximate surface area is 86.9 Å². The molecule has 0 aromatic heterocycles. The second-order valence-electron chi connectivity index (χ2n) is 4.43. The molecule has 14 heavy (non-hydrogen) atoms. The molecule has 1 rings (SSSR count). The zero-order valence-electron chi connectivity index (χ0n) is 9.29. The number of hydrogen-bond donors (Lipinski definition) is 1. The molecule has 1 fully saturated rings. The van der Waals surface area contributed by atoms with Crippen molar-refractivity contribution >= 4 is 0 Å². The van der Waals surface area contributed by atoms with Crippen LogP contribution < -0.4 is 0 Å². The Hall–Kier alpha value is -0.550. The molecule has 0 radical (unpaired) electrons. The minimum atomic E-state index is -0.698. The first kappa shape index (κ1) is 11.5. The SMILES string of the molecule is CCC(C#N)C1(O)CCCCC1CC. The Morgan fingerprint density at radius 1 is 1.50 bits per heavy atom. The largest absolute Gasteiger partial charge is 0.388 e. The Balaban J connectivity index is 2.81. The first-order valence-corrected chi connectivity index (χ1v) is 5.81. The Morgan fingerprint density at radius 2 is 2.21 bits per heavy atom. The Bertz CT molecular complexity index is 221. The summed E-state index contributed by atoms with van der Waals surface area (Å²) >= 11 is 0. The van der Waals surface area contributed by atoms with Crippen molar-refractivity contribution in [2.45, 2.75) is 58.0 Å². The van der Waals surface area contributed by atoms with Gasteiger partial charge in [-0.2, -0.15) is 5.26 Å². The summed E-state index contributed by atoms with van der Waals surface area (Å²) < 4.78 is 0. The molecule has 0 aliphatic heterocycles. The molecule has 1 aliphatic carbocycles. The third kappa shape index (κ3) is 1.93. The van der Waals surface area contributed by atoms with Crippen LogP contribution in [-0.4, -0.2) is 10.7 Å². The lowest BCUT2D eigenvalue weighted by Gasteiger charge is -2.42. The van der Waals surface area contributed by atoms with E-state index in [4.69, 9.17) is 5.26 Å². The highest BCUT2D eigenvalue weighted by Crippen LogP contribution is 2.41. The van der Waals surface area contributed by atoms with Crippen molar-refractivity contribution in [1.82, 2.24) is 0 Å². The second-order valence-corrected chi connectivity index (χ2v) is 4.43. The second kappa shape index (κ2) is 4.79. The van der Waals surface area contributed by atoms with Gasteiger partial charge in [-0.1, -0.05) is 33.1 Å². The van der Waals surface area contributed by atoms with Crippen LogP contribution in [0, 0.1) is 23.2 Å². The lowest BCUT2D eigenvalue weighted by Crippen LogP contribution is -2.46. The van der Waals surface area contributed by atoms with Crippen LogP contribution in [0.5, 0.6) is 0 Å². The zero-order valence-corrected chi connectivity index (χ0v) is 9.29. The summed E-state index contributed by atoms with van der Waals surface area (Å²) in [5, 5.41) is 19.6. The number of nitriles is 1. The average Bonchev–Trinajstić information content (AvgIpc) is 2.20. The van der Waals surface area contributed by atoms with Gasteiger partial charge in [0.25, 0.3) is 0 Å². The van der Waals surface area contributed by atoms with Crippen LogP contribution in [0.3, 0.4) is 0 Å². The van der Waals surface area contributed by atoms with E-state index in [0.29, 0.717) is 5.92 Å². The van der Waals surface area contributed by atoms with Crippen LogP contribution in [0.15, 0.2) is 0 Å². The third-order valence-electron chi connectivity index (χ3n) is 3.75. The maximum Gasteiger partial charge on any atom is 0.0833 e. The predicted octanol–water partition coefficient (Wildman–Crippen LogP) is 2.87. The minimum absolute atomic E-state index is 0.173. The monoisotopic (exact) mass is 195 g/mol. The van der Waals surface area contributed by atoms with Gasteiger partial charge in [0.15, 0.2) is 0 Å². The van der Waals surface area contributed by atoms with E-state index >= 15 is 0 Å². The van der Waals surface area contributed by atoms with E-state index in [1.807, 2.05) is 6.92 Å². The van der Waals surface area contributed by atoms with Crippen molar-refractivity contribution in [3.05, 3.63) is 0 Å². The molecule has 0 aromatic carbocycles. The summed E-state index contributed by atoms with van der Waals surface area (Å²) in [6.45, 7) is 4.11. The topological polar surface area (TPSA) is 44.0 Å². The predicted molar refractivity (Wildman–Crippen MR) is 56.6 cm³/mol. The molecule has 0 heterocycles. The number of hydrogen-bond acceptors (Lipinski definition) is 2. The Kier molecular flexibility index (Phi) is 3.95. The van der Waals surface area contributed by atoms with Crippen LogP contribution in [0.25, 0.3) is 0 Å². The van der Waals surface area contributed by atoms with Gasteiger partial charge in [-0.25, -0.2) is 0 Å². The summed E-state index contributed by atoms with van der Waals surface area (Å²) in [6, 6.07) is 2.28. The highest BCUT2D eigenvalue weighted by Gasteiger charge is 2.43. The summed E-state index contributed by atoms with van der Waals surface area (Å²) in [5.74, 6) is 0.161. The van der Waals surface area contributed by atoms with Crippen molar-refractivity contribution in [1.29, 1.82) is 5.26 Å². The highest BCUT2D eigenvalue weighted by atomic mass is 16.3. The van der Waals surface area contributed by atoms with Crippen LogP contribution in [0.4, 0.5) is 0 Å². The fourth-order valence-corrected chi connectivity index (χ4v) is 2.83. The molecule has 3 unspecified atom stereocenters. The first-order valence-electron chi connectivity index (χ1n) is 5.81. The molecule has 2 nitrogen and oxygen atoms in total. The molecule has 1 saturated carbocycles. The van der Waals surface area contributed by atoms with Gasteiger partial charge < -0.3 is 5.11 Å². The van der Waals surface area contributed by atoms with Crippen LogP contribution in [0.2, 0.25) is 0 Å². The highest BCUT2D eigenvalue weighted by molar-refractivity contribution is 5.02. The summed E-state index contributed by atoms with van der Waals surface area (Å²) in [7, 11) is 0. The maximum atomic E-state index is 10.6. The molecule has 0 spiro atoms. The summed E-state index contributed by atoms with van der Waals surface area (Å²) in [5.41, 5.74) is -0.698. The maximum absolute atomic E-state index is 10.6. The fraction of sp³-hybridized carbons (Fsp3) is 0.917. The number of nitrogens with zero attached hydrogens (tertiary/aromatic N) is 1. The molecule has 0 amide bonds. The lowest BCUT2D eigenvalue weighted by molar-refractivity contribution is -0.0808. The number of aliphatic hydroxyl groups is 1. The van der Waals surface area contributed by atoms with Crippen LogP contribution >= 0.6 is 0 Å². The van der Waals surface area contributed by atoms with Crippen molar-refractivity contribution in [3.8, 4) is 6.07 Å². The molecule has 1 aliphatic rings. The molecule has 80 valence electrons. The minimum Gasteiger partial charge on any atom is -0.388 e. The zero-order chi connectivity index (χ0) is 10.6. The van der Waals surface area contributed by atoms with Gasteiger partial charge in [-0.3, -0.25) is 0 Å². The van der Waals surface area contributed by atoms with E-state index in [1.165, 1.54) is 6.42 Å². The molecular formula is C12H21NO. The quantitative estimate of drug-likeness (QED) is 0.752.